The fraction of sp³-hybridized carbons (Fsp3) is 0.429. The van der Waals surface area contributed by atoms with Gasteiger partial charge in [-0.3, -0.25) is 9.59 Å². The van der Waals surface area contributed by atoms with Crippen molar-refractivity contribution >= 4 is 35.2 Å². The fourth-order valence-electron chi connectivity index (χ4n) is 1.48. The van der Waals surface area contributed by atoms with Gasteiger partial charge in [0.2, 0.25) is 5.91 Å². The van der Waals surface area contributed by atoms with Gasteiger partial charge >= 0.3 is 5.97 Å². The Kier molecular flexibility index (Phi) is 7.47. The zero-order valence-corrected chi connectivity index (χ0v) is 13.1. The number of halogens is 1. The summed E-state index contributed by atoms with van der Waals surface area (Å²) in [5, 5.41) is 3.49. The largest absolute Gasteiger partial charge is 0.469 e. The minimum absolute atomic E-state index is 0.0495. The molecule has 0 saturated heterocycles. The van der Waals surface area contributed by atoms with Gasteiger partial charge in [0.1, 0.15) is 0 Å². The molecule has 20 heavy (non-hydrogen) atoms. The zero-order chi connectivity index (χ0) is 15.0. The Balaban J connectivity index is 2.27. The first-order valence-electron chi connectivity index (χ1n) is 6.21. The van der Waals surface area contributed by atoms with Crippen LogP contribution >= 0.6 is 23.4 Å². The van der Waals surface area contributed by atoms with Crippen LogP contribution in [0.4, 0.5) is 0 Å². The predicted octanol–water partition coefficient (Wildman–Crippen LogP) is 2.64. The van der Waals surface area contributed by atoms with Crippen LogP contribution in [0, 0.1) is 0 Å². The lowest BCUT2D eigenvalue weighted by atomic mass is 10.2. The highest BCUT2D eigenvalue weighted by atomic mass is 35.5. The van der Waals surface area contributed by atoms with Crippen molar-refractivity contribution in [3.8, 4) is 0 Å². The first-order valence-corrected chi connectivity index (χ1v) is 7.64. The fourth-order valence-corrected chi connectivity index (χ4v) is 2.48. The molecule has 4 nitrogen and oxygen atoms in total. The molecule has 0 bridgehead atoms. The van der Waals surface area contributed by atoms with Gasteiger partial charge in [-0.15, -0.1) is 11.8 Å². The number of hydrogen-bond donors (Lipinski definition) is 1. The van der Waals surface area contributed by atoms with E-state index in [0.717, 1.165) is 5.56 Å². The van der Waals surface area contributed by atoms with E-state index in [1.807, 2.05) is 25.1 Å². The zero-order valence-electron chi connectivity index (χ0n) is 11.5. The highest BCUT2D eigenvalue weighted by Gasteiger charge is 2.12. The topological polar surface area (TPSA) is 55.4 Å². The average molecular weight is 316 g/mol. The summed E-state index contributed by atoms with van der Waals surface area (Å²) in [6.07, 6.45) is 0.305. The van der Waals surface area contributed by atoms with Gasteiger partial charge in [-0.1, -0.05) is 36.7 Å². The molecule has 1 amide bonds. The highest BCUT2D eigenvalue weighted by molar-refractivity contribution is 8.00. The second-order valence-corrected chi connectivity index (χ2v) is 6.10. The molecule has 1 unspecified atom stereocenters. The summed E-state index contributed by atoms with van der Waals surface area (Å²) < 4.78 is 4.58. The van der Waals surface area contributed by atoms with Crippen LogP contribution in [0.2, 0.25) is 5.02 Å². The van der Waals surface area contributed by atoms with Gasteiger partial charge in [0.05, 0.1) is 19.3 Å². The van der Waals surface area contributed by atoms with E-state index in [9.17, 15) is 9.59 Å². The molecule has 0 aliphatic carbocycles. The van der Waals surface area contributed by atoms with Crippen LogP contribution in [0.5, 0.6) is 0 Å². The summed E-state index contributed by atoms with van der Waals surface area (Å²) in [6.45, 7) is 2.30. The molecule has 0 aromatic heterocycles. The molecule has 6 heteroatoms. The summed E-state index contributed by atoms with van der Waals surface area (Å²) in [7, 11) is 1.36. The third kappa shape index (κ3) is 6.30. The van der Waals surface area contributed by atoms with E-state index in [2.05, 4.69) is 10.1 Å². The molecule has 0 saturated carbocycles. The maximum absolute atomic E-state index is 11.7. The molecular weight excluding hydrogens is 298 g/mol. The van der Waals surface area contributed by atoms with Gasteiger partial charge in [-0.2, -0.15) is 0 Å². The van der Waals surface area contributed by atoms with Crippen LogP contribution in [0.3, 0.4) is 0 Å². The molecule has 1 aromatic rings. The molecule has 0 aliphatic rings. The van der Waals surface area contributed by atoms with Crippen molar-refractivity contribution in [2.24, 2.45) is 0 Å². The van der Waals surface area contributed by atoms with E-state index in [-0.39, 0.29) is 17.1 Å². The minimum Gasteiger partial charge on any atom is -0.469 e. The third-order valence-corrected chi connectivity index (χ3v) is 4.15. The number of carbonyl (C=O) groups excluding carboxylic acids is 2. The molecule has 1 atom stereocenters. The molecule has 110 valence electrons. The number of rotatable bonds is 7. The number of methoxy groups -OCH3 is 1. The van der Waals surface area contributed by atoms with E-state index in [1.54, 1.807) is 6.07 Å². The van der Waals surface area contributed by atoms with Gasteiger partial charge in [-0.05, 0) is 11.6 Å². The van der Waals surface area contributed by atoms with Crippen molar-refractivity contribution in [1.29, 1.82) is 0 Å². The summed E-state index contributed by atoms with van der Waals surface area (Å²) >= 11 is 7.42. The van der Waals surface area contributed by atoms with Crippen LogP contribution in [0.25, 0.3) is 0 Å². The average Bonchev–Trinajstić information content (AvgIpc) is 2.44. The lowest BCUT2D eigenvalue weighted by Gasteiger charge is -2.10. The van der Waals surface area contributed by atoms with E-state index in [1.165, 1.54) is 18.9 Å². The first-order chi connectivity index (χ1) is 9.52. The van der Waals surface area contributed by atoms with Crippen LogP contribution < -0.4 is 5.32 Å². The van der Waals surface area contributed by atoms with Crippen molar-refractivity contribution < 1.29 is 14.3 Å². The molecule has 0 spiro atoms. The second kappa shape index (κ2) is 8.87. The highest BCUT2D eigenvalue weighted by Crippen LogP contribution is 2.16. The normalized spacial score (nSPS) is 11.8. The van der Waals surface area contributed by atoms with Crippen molar-refractivity contribution in [2.75, 3.05) is 12.9 Å². The number of benzene rings is 1. The molecule has 0 fully saturated rings. The Morgan fingerprint density at radius 3 is 2.75 bits per heavy atom. The Morgan fingerprint density at radius 2 is 2.10 bits per heavy atom. The lowest BCUT2D eigenvalue weighted by molar-refractivity contribution is -0.140. The number of nitrogens with one attached hydrogen (secondary N) is 1. The number of thioether (sulfide) groups is 1. The van der Waals surface area contributed by atoms with E-state index >= 15 is 0 Å². The van der Waals surface area contributed by atoms with E-state index in [4.69, 9.17) is 11.6 Å². The van der Waals surface area contributed by atoms with E-state index in [0.29, 0.717) is 23.7 Å². The third-order valence-electron chi connectivity index (χ3n) is 2.61. The molecule has 1 aromatic carbocycles. The van der Waals surface area contributed by atoms with Gasteiger partial charge in [0.25, 0.3) is 0 Å². The first kappa shape index (κ1) is 16.9. The standard InChI is InChI=1S/C14H18ClNO3S/c1-10(7-14(18)19-2)20-9-13(17)16-8-11-5-3-4-6-12(11)15/h3-6,10H,7-9H2,1-2H3,(H,16,17). The number of ether oxygens (including phenoxy) is 1. The summed E-state index contributed by atoms with van der Waals surface area (Å²) in [5.41, 5.74) is 0.884. The van der Waals surface area contributed by atoms with Crippen LogP contribution in [-0.4, -0.2) is 30.0 Å². The molecule has 1 rings (SSSR count). The lowest BCUT2D eigenvalue weighted by Crippen LogP contribution is -2.25. The number of amides is 1. The van der Waals surface area contributed by atoms with Gasteiger partial charge in [0, 0.05) is 16.8 Å². The van der Waals surface area contributed by atoms with Crippen LogP contribution in [0.1, 0.15) is 18.9 Å². The molecular formula is C14H18ClNO3S. The monoisotopic (exact) mass is 315 g/mol. The Hall–Kier alpha value is -1.20. The number of carbonyl (C=O) groups is 2. The number of hydrogen-bond acceptors (Lipinski definition) is 4. The van der Waals surface area contributed by atoms with E-state index < -0.39 is 0 Å². The van der Waals surface area contributed by atoms with Crippen LogP contribution in [0.15, 0.2) is 24.3 Å². The minimum atomic E-state index is -0.263. The van der Waals surface area contributed by atoms with Crippen molar-refractivity contribution in [3.05, 3.63) is 34.9 Å². The van der Waals surface area contributed by atoms with Gasteiger partial charge in [-0.25, -0.2) is 0 Å². The quantitative estimate of drug-likeness (QED) is 0.786. The SMILES string of the molecule is COC(=O)CC(C)SCC(=O)NCc1ccccc1Cl. The molecule has 0 aliphatic heterocycles. The van der Waals surface area contributed by atoms with Crippen molar-refractivity contribution in [1.82, 2.24) is 5.32 Å². The maximum Gasteiger partial charge on any atom is 0.306 e. The molecule has 1 N–H and O–H groups in total. The van der Waals surface area contributed by atoms with Crippen molar-refractivity contribution in [2.45, 2.75) is 25.1 Å². The van der Waals surface area contributed by atoms with Gasteiger partial charge < -0.3 is 10.1 Å². The molecule has 0 radical (unpaired) electrons. The van der Waals surface area contributed by atoms with Gasteiger partial charge in [0.15, 0.2) is 0 Å². The summed E-state index contributed by atoms with van der Waals surface area (Å²) in [5.74, 6) is -0.0316. The summed E-state index contributed by atoms with van der Waals surface area (Å²) in [6, 6.07) is 7.38. The number of esters is 1. The van der Waals surface area contributed by atoms with Crippen molar-refractivity contribution in [3.63, 3.8) is 0 Å². The Labute approximate surface area is 128 Å². The molecule has 0 heterocycles. The summed E-state index contributed by atoms with van der Waals surface area (Å²) in [4.78, 5) is 22.8. The smallest absolute Gasteiger partial charge is 0.306 e. The Morgan fingerprint density at radius 1 is 1.40 bits per heavy atom. The maximum atomic E-state index is 11.7. The predicted molar refractivity (Wildman–Crippen MR) is 81.9 cm³/mol. The van der Waals surface area contributed by atoms with Crippen LogP contribution in [-0.2, 0) is 20.9 Å². The second-order valence-electron chi connectivity index (χ2n) is 4.27. The Bertz CT molecular complexity index is 467.